The molecule has 0 spiro atoms. The number of benzene rings is 1. The smallest absolute Gasteiger partial charge is 0.310 e. The van der Waals surface area contributed by atoms with Crippen LogP contribution in [0.3, 0.4) is 0 Å². The van der Waals surface area contributed by atoms with Crippen molar-refractivity contribution in [1.82, 2.24) is 9.78 Å². The molecule has 3 rings (SSSR count). The van der Waals surface area contributed by atoms with E-state index in [0.717, 1.165) is 30.5 Å². The van der Waals surface area contributed by atoms with Crippen LogP contribution >= 0.6 is 0 Å². The quantitative estimate of drug-likeness (QED) is 0.811. The van der Waals surface area contributed by atoms with E-state index in [4.69, 9.17) is 4.74 Å². The Kier molecular flexibility index (Phi) is 4.56. The molecule has 0 aliphatic heterocycles. The van der Waals surface area contributed by atoms with Crippen LogP contribution in [0.15, 0.2) is 42.7 Å². The Hall–Kier alpha value is -2.10. The predicted molar refractivity (Wildman–Crippen MR) is 84.8 cm³/mol. The number of hydrogen-bond donors (Lipinski definition) is 0. The second-order valence-electron chi connectivity index (χ2n) is 6.19. The molecule has 0 saturated heterocycles. The fourth-order valence-corrected chi connectivity index (χ4v) is 3.05. The van der Waals surface area contributed by atoms with Crippen molar-refractivity contribution in [3.8, 4) is 5.69 Å². The molecule has 2 atom stereocenters. The van der Waals surface area contributed by atoms with Gasteiger partial charge in [-0.2, -0.15) is 5.10 Å². The first kappa shape index (κ1) is 14.8. The first-order chi connectivity index (χ1) is 10.7. The van der Waals surface area contributed by atoms with E-state index in [-0.39, 0.29) is 18.5 Å². The summed E-state index contributed by atoms with van der Waals surface area (Å²) in [7, 11) is 0. The van der Waals surface area contributed by atoms with Crippen LogP contribution in [-0.2, 0) is 16.0 Å². The number of aromatic nitrogens is 2. The monoisotopic (exact) mass is 298 g/mol. The molecule has 0 radical (unpaired) electrons. The Labute approximate surface area is 131 Å². The van der Waals surface area contributed by atoms with Crippen LogP contribution in [0.2, 0.25) is 0 Å². The van der Waals surface area contributed by atoms with Crippen molar-refractivity contribution in [2.45, 2.75) is 45.1 Å². The Bertz CT molecular complexity index is 621. The van der Waals surface area contributed by atoms with Crippen LogP contribution in [0.4, 0.5) is 0 Å². The van der Waals surface area contributed by atoms with Crippen molar-refractivity contribution in [3.63, 3.8) is 0 Å². The molecule has 0 N–H and O–H groups in total. The summed E-state index contributed by atoms with van der Waals surface area (Å²) in [6.45, 7) is 2.23. The summed E-state index contributed by atoms with van der Waals surface area (Å²) in [5.41, 5.74) is 1.88. The standard InChI is InChI=1S/C18H22N2O2/c1-14-6-5-9-17(10-14)22-18(21)11-15-12-19-20(13-15)16-7-3-2-4-8-16/h2-4,7-8,12-14,17H,5-6,9-11H2,1H3. The van der Waals surface area contributed by atoms with Crippen molar-refractivity contribution < 1.29 is 9.53 Å². The maximum atomic E-state index is 12.1. The number of nitrogens with zero attached hydrogens (tertiary/aromatic N) is 2. The molecule has 1 aliphatic carbocycles. The van der Waals surface area contributed by atoms with Gasteiger partial charge in [-0.1, -0.05) is 31.5 Å². The van der Waals surface area contributed by atoms with E-state index in [9.17, 15) is 4.79 Å². The molecular formula is C18H22N2O2. The van der Waals surface area contributed by atoms with E-state index in [1.807, 2.05) is 36.5 Å². The van der Waals surface area contributed by atoms with Crippen LogP contribution in [-0.4, -0.2) is 21.9 Å². The minimum Gasteiger partial charge on any atom is -0.462 e. The van der Waals surface area contributed by atoms with E-state index in [0.29, 0.717) is 5.92 Å². The van der Waals surface area contributed by atoms with E-state index < -0.39 is 0 Å². The number of ether oxygens (including phenoxy) is 1. The van der Waals surface area contributed by atoms with Crippen molar-refractivity contribution in [1.29, 1.82) is 0 Å². The molecule has 1 saturated carbocycles. The third-order valence-electron chi connectivity index (χ3n) is 4.19. The molecule has 22 heavy (non-hydrogen) atoms. The van der Waals surface area contributed by atoms with Gasteiger partial charge in [0.1, 0.15) is 6.10 Å². The highest BCUT2D eigenvalue weighted by atomic mass is 16.5. The number of carbonyl (C=O) groups excluding carboxylic acids is 1. The lowest BCUT2D eigenvalue weighted by atomic mass is 9.89. The van der Waals surface area contributed by atoms with Crippen LogP contribution in [0.1, 0.15) is 38.2 Å². The molecule has 1 aliphatic rings. The lowest BCUT2D eigenvalue weighted by molar-refractivity contribution is -0.150. The second-order valence-corrected chi connectivity index (χ2v) is 6.19. The fraction of sp³-hybridized carbons (Fsp3) is 0.444. The lowest BCUT2D eigenvalue weighted by Gasteiger charge is -2.26. The molecule has 1 fully saturated rings. The number of hydrogen-bond acceptors (Lipinski definition) is 3. The molecule has 4 heteroatoms. The van der Waals surface area contributed by atoms with Gasteiger partial charge in [0.25, 0.3) is 0 Å². The van der Waals surface area contributed by atoms with Crippen molar-refractivity contribution in [2.75, 3.05) is 0 Å². The maximum absolute atomic E-state index is 12.1. The number of para-hydroxylation sites is 1. The SMILES string of the molecule is CC1CCCC(OC(=O)Cc2cnn(-c3ccccc3)c2)C1. The molecule has 0 bridgehead atoms. The Balaban J connectivity index is 1.57. The summed E-state index contributed by atoms with van der Waals surface area (Å²) in [5.74, 6) is 0.513. The molecule has 4 nitrogen and oxygen atoms in total. The van der Waals surface area contributed by atoms with Crippen LogP contribution < -0.4 is 0 Å². The molecule has 116 valence electrons. The van der Waals surface area contributed by atoms with Crippen LogP contribution in [0.5, 0.6) is 0 Å². The number of carbonyl (C=O) groups is 1. The molecule has 2 aromatic rings. The van der Waals surface area contributed by atoms with E-state index in [2.05, 4.69) is 12.0 Å². The lowest BCUT2D eigenvalue weighted by Crippen LogP contribution is -2.25. The molecule has 0 amide bonds. The van der Waals surface area contributed by atoms with E-state index in [1.54, 1.807) is 10.9 Å². The van der Waals surface area contributed by atoms with Crippen LogP contribution in [0.25, 0.3) is 5.69 Å². The minimum atomic E-state index is -0.147. The first-order valence-electron chi connectivity index (χ1n) is 7.99. The number of rotatable bonds is 4. The third-order valence-corrected chi connectivity index (χ3v) is 4.19. The third kappa shape index (κ3) is 3.75. The highest BCUT2D eigenvalue weighted by molar-refractivity contribution is 5.72. The van der Waals surface area contributed by atoms with E-state index in [1.165, 1.54) is 6.42 Å². The summed E-state index contributed by atoms with van der Waals surface area (Å²) in [6, 6.07) is 9.87. The van der Waals surface area contributed by atoms with Gasteiger partial charge >= 0.3 is 5.97 Å². The Morgan fingerprint density at radius 1 is 1.32 bits per heavy atom. The second kappa shape index (κ2) is 6.77. The summed E-state index contributed by atoms with van der Waals surface area (Å²) in [5, 5.41) is 4.31. The van der Waals surface area contributed by atoms with Crippen molar-refractivity contribution in [2.24, 2.45) is 5.92 Å². The predicted octanol–water partition coefficient (Wildman–Crippen LogP) is 3.54. The largest absolute Gasteiger partial charge is 0.462 e. The first-order valence-corrected chi connectivity index (χ1v) is 7.99. The van der Waals surface area contributed by atoms with Crippen molar-refractivity contribution >= 4 is 5.97 Å². The number of esters is 1. The molecular weight excluding hydrogens is 276 g/mol. The summed E-state index contributed by atoms with van der Waals surface area (Å²) >= 11 is 0. The zero-order valence-corrected chi connectivity index (χ0v) is 12.9. The fourth-order valence-electron chi connectivity index (χ4n) is 3.05. The molecule has 1 aromatic carbocycles. The zero-order chi connectivity index (χ0) is 15.4. The average Bonchev–Trinajstić information content (AvgIpc) is 2.96. The Morgan fingerprint density at radius 3 is 2.91 bits per heavy atom. The Morgan fingerprint density at radius 2 is 2.14 bits per heavy atom. The highest BCUT2D eigenvalue weighted by Crippen LogP contribution is 2.26. The summed E-state index contributed by atoms with van der Waals surface area (Å²) < 4.78 is 7.39. The summed E-state index contributed by atoms with van der Waals surface area (Å²) in [6.07, 6.45) is 8.41. The van der Waals surface area contributed by atoms with Gasteiger partial charge in [-0.15, -0.1) is 0 Å². The van der Waals surface area contributed by atoms with Gasteiger partial charge in [0.2, 0.25) is 0 Å². The maximum Gasteiger partial charge on any atom is 0.310 e. The molecule has 2 unspecified atom stereocenters. The van der Waals surface area contributed by atoms with Gasteiger partial charge in [-0.05, 0) is 37.3 Å². The van der Waals surface area contributed by atoms with Gasteiger partial charge in [0.15, 0.2) is 0 Å². The van der Waals surface area contributed by atoms with E-state index >= 15 is 0 Å². The van der Waals surface area contributed by atoms with Gasteiger partial charge in [0, 0.05) is 11.8 Å². The highest BCUT2D eigenvalue weighted by Gasteiger charge is 2.22. The topological polar surface area (TPSA) is 44.1 Å². The van der Waals surface area contributed by atoms with Crippen molar-refractivity contribution in [3.05, 3.63) is 48.3 Å². The zero-order valence-electron chi connectivity index (χ0n) is 12.9. The van der Waals surface area contributed by atoms with Gasteiger partial charge in [-0.3, -0.25) is 4.79 Å². The molecule has 1 aromatic heterocycles. The average molecular weight is 298 g/mol. The van der Waals surface area contributed by atoms with Gasteiger partial charge in [0.05, 0.1) is 18.3 Å². The minimum absolute atomic E-state index is 0.0976. The molecule has 1 heterocycles. The normalized spacial score (nSPS) is 21.5. The van der Waals surface area contributed by atoms with Gasteiger partial charge < -0.3 is 4.74 Å². The van der Waals surface area contributed by atoms with Gasteiger partial charge in [-0.25, -0.2) is 4.68 Å². The summed E-state index contributed by atoms with van der Waals surface area (Å²) in [4.78, 5) is 12.1. The van der Waals surface area contributed by atoms with Crippen LogP contribution in [0, 0.1) is 5.92 Å².